The zero-order valence-electron chi connectivity index (χ0n) is 11.8. The van der Waals surface area contributed by atoms with E-state index in [1.807, 2.05) is 13.8 Å². The van der Waals surface area contributed by atoms with Crippen LogP contribution in [0.1, 0.15) is 25.8 Å². The van der Waals surface area contributed by atoms with Crippen LogP contribution < -0.4 is 10.0 Å². The third-order valence-electron chi connectivity index (χ3n) is 2.89. The van der Waals surface area contributed by atoms with Gasteiger partial charge in [0.2, 0.25) is 10.0 Å². The Hall–Kier alpha value is -0.300. The molecule has 1 atom stereocenters. The lowest BCUT2D eigenvalue weighted by molar-refractivity contribution is 0.576. The molecule has 1 unspecified atom stereocenters. The highest BCUT2D eigenvalue weighted by Gasteiger charge is 2.21. The van der Waals surface area contributed by atoms with Crippen LogP contribution in [0.3, 0.4) is 0 Å². The number of benzene rings is 1. The maximum absolute atomic E-state index is 12.2. The van der Waals surface area contributed by atoms with E-state index in [1.165, 1.54) is 0 Å². The predicted molar refractivity (Wildman–Crippen MR) is 89.1 cm³/mol. The normalized spacial score (nSPS) is 13.2. The Morgan fingerprint density at radius 3 is 2.65 bits per heavy atom. The fraction of sp³-hybridized carbons (Fsp3) is 0.538. The van der Waals surface area contributed by atoms with E-state index in [0.29, 0.717) is 21.7 Å². The van der Waals surface area contributed by atoms with Gasteiger partial charge in [0.05, 0.1) is 10.9 Å². The third-order valence-corrected chi connectivity index (χ3v) is 5.68. The molecular weight excluding hydrogens is 364 g/mol. The van der Waals surface area contributed by atoms with Crippen LogP contribution in [-0.2, 0) is 10.0 Å². The van der Waals surface area contributed by atoms with Crippen molar-refractivity contribution in [3.8, 4) is 0 Å². The summed E-state index contributed by atoms with van der Waals surface area (Å²) in [5.74, 6) is 0. The van der Waals surface area contributed by atoms with Crippen LogP contribution in [-0.4, -0.2) is 26.8 Å². The lowest BCUT2D eigenvalue weighted by atomic mass is 10.2. The topological polar surface area (TPSA) is 58.2 Å². The molecule has 0 radical (unpaired) electrons. The molecule has 1 aromatic carbocycles. The lowest BCUT2D eigenvalue weighted by Gasteiger charge is -2.17. The SMILES string of the molecule is CCCNCC(C)S(=O)(=O)Nc1cc(Cl)c(C)cc1Br. The first-order valence-electron chi connectivity index (χ1n) is 6.46. The molecule has 0 saturated heterocycles. The van der Waals surface area contributed by atoms with Gasteiger partial charge in [-0.3, -0.25) is 4.72 Å². The molecule has 0 amide bonds. The summed E-state index contributed by atoms with van der Waals surface area (Å²) in [6, 6.07) is 3.41. The van der Waals surface area contributed by atoms with Crippen molar-refractivity contribution in [3.05, 3.63) is 27.2 Å². The van der Waals surface area contributed by atoms with Gasteiger partial charge in [-0.15, -0.1) is 0 Å². The summed E-state index contributed by atoms with van der Waals surface area (Å²) in [6.07, 6.45) is 0.972. The van der Waals surface area contributed by atoms with E-state index in [2.05, 4.69) is 26.0 Å². The molecule has 0 aromatic heterocycles. The summed E-state index contributed by atoms with van der Waals surface area (Å²) in [5.41, 5.74) is 1.35. The second-order valence-electron chi connectivity index (χ2n) is 4.74. The van der Waals surface area contributed by atoms with Gasteiger partial charge in [0.15, 0.2) is 0 Å². The molecule has 0 aliphatic rings. The van der Waals surface area contributed by atoms with Gasteiger partial charge < -0.3 is 5.32 Å². The van der Waals surface area contributed by atoms with Crippen LogP contribution in [0.4, 0.5) is 5.69 Å². The van der Waals surface area contributed by atoms with Crippen molar-refractivity contribution in [1.82, 2.24) is 5.32 Å². The van der Waals surface area contributed by atoms with Crippen molar-refractivity contribution in [3.63, 3.8) is 0 Å². The first kappa shape index (κ1) is 17.8. The Morgan fingerprint density at radius 1 is 1.40 bits per heavy atom. The Balaban J connectivity index is 2.83. The molecule has 0 saturated carbocycles. The lowest BCUT2D eigenvalue weighted by Crippen LogP contribution is -2.35. The van der Waals surface area contributed by atoms with Crippen LogP contribution in [0.15, 0.2) is 16.6 Å². The molecule has 0 bridgehead atoms. The molecule has 114 valence electrons. The summed E-state index contributed by atoms with van der Waals surface area (Å²) in [4.78, 5) is 0. The fourth-order valence-electron chi connectivity index (χ4n) is 1.57. The van der Waals surface area contributed by atoms with Crippen molar-refractivity contribution in [2.24, 2.45) is 0 Å². The molecular formula is C13H20BrClN2O2S. The smallest absolute Gasteiger partial charge is 0.236 e. The zero-order valence-corrected chi connectivity index (χ0v) is 15.0. The minimum atomic E-state index is -3.45. The minimum absolute atomic E-state index is 0.417. The van der Waals surface area contributed by atoms with Gasteiger partial charge in [-0.25, -0.2) is 8.42 Å². The van der Waals surface area contributed by atoms with Crippen LogP contribution in [0.25, 0.3) is 0 Å². The summed E-state index contributed by atoms with van der Waals surface area (Å²) in [6.45, 7) is 6.80. The van der Waals surface area contributed by atoms with Gasteiger partial charge in [0.1, 0.15) is 0 Å². The van der Waals surface area contributed by atoms with E-state index >= 15 is 0 Å². The number of nitrogens with one attached hydrogen (secondary N) is 2. The second kappa shape index (κ2) is 7.64. The predicted octanol–water partition coefficient (Wildman–Crippen LogP) is 3.54. The average Bonchev–Trinajstić information content (AvgIpc) is 2.35. The maximum atomic E-state index is 12.2. The number of hydrogen-bond acceptors (Lipinski definition) is 3. The molecule has 0 aliphatic heterocycles. The van der Waals surface area contributed by atoms with E-state index in [-0.39, 0.29) is 0 Å². The number of hydrogen-bond donors (Lipinski definition) is 2. The first-order valence-corrected chi connectivity index (χ1v) is 9.17. The molecule has 0 aliphatic carbocycles. The van der Waals surface area contributed by atoms with Crippen LogP contribution in [0.2, 0.25) is 5.02 Å². The van der Waals surface area contributed by atoms with Crippen molar-refractivity contribution in [2.45, 2.75) is 32.4 Å². The van der Waals surface area contributed by atoms with Gasteiger partial charge >= 0.3 is 0 Å². The molecule has 1 rings (SSSR count). The number of halogens is 2. The highest BCUT2D eigenvalue weighted by atomic mass is 79.9. The quantitative estimate of drug-likeness (QED) is 0.708. The van der Waals surface area contributed by atoms with Gasteiger partial charge in [0.25, 0.3) is 0 Å². The van der Waals surface area contributed by atoms with E-state index in [4.69, 9.17) is 11.6 Å². The molecule has 4 nitrogen and oxygen atoms in total. The Bertz CT molecular complexity index is 564. The van der Waals surface area contributed by atoms with Crippen LogP contribution >= 0.6 is 27.5 Å². The van der Waals surface area contributed by atoms with Gasteiger partial charge in [-0.2, -0.15) is 0 Å². The highest BCUT2D eigenvalue weighted by Crippen LogP contribution is 2.30. The Morgan fingerprint density at radius 2 is 2.05 bits per heavy atom. The monoisotopic (exact) mass is 382 g/mol. The Kier molecular flexibility index (Phi) is 6.78. The molecule has 20 heavy (non-hydrogen) atoms. The molecule has 0 spiro atoms. The number of sulfonamides is 1. The Labute approximate surface area is 134 Å². The number of aryl methyl sites for hydroxylation is 1. The highest BCUT2D eigenvalue weighted by molar-refractivity contribution is 9.10. The van der Waals surface area contributed by atoms with E-state index < -0.39 is 15.3 Å². The van der Waals surface area contributed by atoms with Gasteiger partial charge in [0, 0.05) is 16.0 Å². The average molecular weight is 384 g/mol. The van der Waals surface area contributed by atoms with Crippen molar-refractivity contribution in [1.29, 1.82) is 0 Å². The van der Waals surface area contributed by atoms with E-state index in [1.54, 1.807) is 19.1 Å². The number of anilines is 1. The van der Waals surface area contributed by atoms with Gasteiger partial charge in [-0.05, 0) is 60.4 Å². The van der Waals surface area contributed by atoms with Crippen LogP contribution in [0.5, 0.6) is 0 Å². The fourth-order valence-corrected chi connectivity index (χ4v) is 3.44. The van der Waals surface area contributed by atoms with Crippen molar-refractivity contribution >= 4 is 43.2 Å². The minimum Gasteiger partial charge on any atom is -0.315 e. The third kappa shape index (κ3) is 4.91. The largest absolute Gasteiger partial charge is 0.315 e. The molecule has 7 heteroatoms. The maximum Gasteiger partial charge on any atom is 0.236 e. The summed E-state index contributed by atoms with van der Waals surface area (Å²) < 4.78 is 27.7. The number of rotatable bonds is 7. The summed E-state index contributed by atoms with van der Waals surface area (Å²) in [7, 11) is -3.45. The second-order valence-corrected chi connectivity index (χ2v) is 8.10. The van der Waals surface area contributed by atoms with E-state index in [9.17, 15) is 8.42 Å². The molecule has 1 aromatic rings. The van der Waals surface area contributed by atoms with Crippen molar-refractivity contribution in [2.75, 3.05) is 17.8 Å². The van der Waals surface area contributed by atoms with E-state index in [0.717, 1.165) is 18.5 Å². The summed E-state index contributed by atoms with van der Waals surface area (Å²) >= 11 is 9.37. The van der Waals surface area contributed by atoms with Crippen molar-refractivity contribution < 1.29 is 8.42 Å². The zero-order chi connectivity index (χ0) is 15.3. The van der Waals surface area contributed by atoms with Crippen LogP contribution in [0, 0.1) is 6.92 Å². The molecule has 0 heterocycles. The molecule has 2 N–H and O–H groups in total. The standard InChI is InChI=1S/C13H20BrClN2O2S/c1-4-5-16-8-10(3)20(18,19)17-13-7-12(15)9(2)6-11(13)14/h6-7,10,16-17H,4-5,8H2,1-3H3. The van der Waals surface area contributed by atoms with Gasteiger partial charge in [-0.1, -0.05) is 18.5 Å². The molecule has 0 fully saturated rings. The first-order chi connectivity index (χ1) is 9.27. The summed E-state index contributed by atoms with van der Waals surface area (Å²) in [5, 5.41) is 3.11.